The Balaban J connectivity index is 0.000000202. The van der Waals surface area contributed by atoms with Crippen LogP contribution in [0.1, 0.15) is 57.1 Å². The molecule has 0 fully saturated rings. The lowest BCUT2D eigenvalue weighted by atomic mass is 9.95. The van der Waals surface area contributed by atoms with E-state index in [-0.39, 0.29) is 17.9 Å². The summed E-state index contributed by atoms with van der Waals surface area (Å²) >= 11 is 0. The molecule has 3 atom stereocenters. The Labute approximate surface area is 161 Å². The van der Waals surface area contributed by atoms with Gasteiger partial charge in [-0.05, 0) is 51.0 Å². The first-order valence-corrected chi connectivity index (χ1v) is 9.48. The van der Waals surface area contributed by atoms with Crippen LogP contribution in [0.3, 0.4) is 0 Å². The van der Waals surface area contributed by atoms with E-state index < -0.39 is 11.9 Å². The van der Waals surface area contributed by atoms with Crippen LogP contribution in [0, 0.1) is 11.8 Å². The summed E-state index contributed by atoms with van der Waals surface area (Å²) in [5, 5.41) is 17.0. The van der Waals surface area contributed by atoms with Gasteiger partial charge in [-0.3, -0.25) is 9.59 Å². The van der Waals surface area contributed by atoms with E-state index in [0.717, 1.165) is 38.5 Å². The average molecular weight is 373 g/mol. The summed E-state index contributed by atoms with van der Waals surface area (Å²) in [5.74, 6) is -1.54. The van der Waals surface area contributed by atoms with E-state index in [1.165, 1.54) is 5.56 Å². The molecule has 5 nitrogen and oxygen atoms in total. The number of rotatable bonds is 3. The highest BCUT2D eigenvalue weighted by Gasteiger charge is 2.17. The first-order chi connectivity index (χ1) is 12.9. The third-order valence-corrected chi connectivity index (χ3v) is 4.56. The van der Waals surface area contributed by atoms with Crippen LogP contribution in [-0.2, 0) is 9.59 Å². The van der Waals surface area contributed by atoms with Crippen LogP contribution < -0.4 is 5.73 Å². The number of allylic oxidation sites excluding steroid dienone is 4. The Kier molecular flexibility index (Phi) is 10.8. The lowest BCUT2D eigenvalue weighted by Crippen LogP contribution is -2.13. The van der Waals surface area contributed by atoms with Gasteiger partial charge in [0.1, 0.15) is 0 Å². The normalized spacial score (nSPS) is 21.7. The summed E-state index contributed by atoms with van der Waals surface area (Å²) in [5.41, 5.74) is 6.81. The molecule has 1 aromatic carbocycles. The molecule has 3 rings (SSSR count). The van der Waals surface area contributed by atoms with Crippen molar-refractivity contribution in [2.24, 2.45) is 17.6 Å². The van der Waals surface area contributed by atoms with Gasteiger partial charge in [0.25, 0.3) is 0 Å². The van der Waals surface area contributed by atoms with Gasteiger partial charge in [0, 0.05) is 6.04 Å². The van der Waals surface area contributed by atoms with E-state index in [0.29, 0.717) is 0 Å². The van der Waals surface area contributed by atoms with Crippen LogP contribution >= 0.6 is 0 Å². The van der Waals surface area contributed by atoms with E-state index in [4.69, 9.17) is 15.9 Å². The molecule has 2 aliphatic rings. The molecule has 4 N–H and O–H groups in total. The summed E-state index contributed by atoms with van der Waals surface area (Å²) in [6.07, 6.45) is 12.9. The van der Waals surface area contributed by atoms with Crippen LogP contribution in [0.25, 0.3) is 0 Å². The molecule has 0 heterocycles. The van der Waals surface area contributed by atoms with Gasteiger partial charge in [-0.15, -0.1) is 0 Å². The maximum absolute atomic E-state index is 10.3. The second kappa shape index (κ2) is 12.9. The maximum Gasteiger partial charge on any atom is 0.306 e. The molecule has 27 heavy (non-hydrogen) atoms. The first kappa shape index (κ1) is 22.6. The van der Waals surface area contributed by atoms with Gasteiger partial charge in [-0.25, -0.2) is 0 Å². The highest BCUT2D eigenvalue weighted by Crippen LogP contribution is 2.18. The number of hydrogen-bond donors (Lipinski definition) is 3. The zero-order chi connectivity index (χ0) is 20.1. The zero-order valence-electron chi connectivity index (χ0n) is 16.0. The van der Waals surface area contributed by atoms with E-state index in [2.05, 4.69) is 0 Å². The lowest BCUT2D eigenvalue weighted by molar-refractivity contribution is -0.142. The van der Waals surface area contributed by atoms with Gasteiger partial charge < -0.3 is 15.9 Å². The first-order valence-electron chi connectivity index (χ1n) is 9.48. The summed E-state index contributed by atoms with van der Waals surface area (Å²) < 4.78 is 0. The van der Waals surface area contributed by atoms with E-state index in [1.54, 1.807) is 0 Å². The molecule has 0 spiro atoms. The van der Waals surface area contributed by atoms with Gasteiger partial charge in [-0.1, -0.05) is 54.6 Å². The van der Waals surface area contributed by atoms with Crippen molar-refractivity contribution in [3.8, 4) is 0 Å². The highest BCUT2D eigenvalue weighted by atomic mass is 16.4. The quantitative estimate of drug-likeness (QED) is 0.674. The van der Waals surface area contributed by atoms with Crippen LogP contribution in [0.15, 0.2) is 54.6 Å². The summed E-state index contributed by atoms with van der Waals surface area (Å²) in [4.78, 5) is 20.6. The fourth-order valence-electron chi connectivity index (χ4n) is 2.79. The van der Waals surface area contributed by atoms with Gasteiger partial charge in [0.05, 0.1) is 11.8 Å². The third-order valence-electron chi connectivity index (χ3n) is 4.56. The fourth-order valence-corrected chi connectivity index (χ4v) is 2.79. The third kappa shape index (κ3) is 9.75. The molecule has 5 heteroatoms. The molecular weight excluding hydrogens is 342 g/mol. The van der Waals surface area contributed by atoms with Crippen molar-refractivity contribution in [1.29, 1.82) is 0 Å². The molecule has 0 radical (unpaired) electrons. The molecule has 0 bridgehead atoms. The molecule has 0 aromatic heterocycles. The topological polar surface area (TPSA) is 101 Å². The van der Waals surface area contributed by atoms with Crippen LogP contribution in [0.4, 0.5) is 0 Å². The van der Waals surface area contributed by atoms with E-state index in [1.807, 2.05) is 61.6 Å². The summed E-state index contributed by atoms with van der Waals surface area (Å²) in [6, 6.07) is 10.2. The molecule has 0 saturated carbocycles. The van der Waals surface area contributed by atoms with Crippen LogP contribution in [0.5, 0.6) is 0 Å². The van der Waals surface area contributed by atoms with Crippen molar-refractivity contribution in [2.45, 2.75) is 51.5 Å². The van der Waals surface area contributed by atoms with Crippen molar-refractivity contribution < 1.29 is 19.8 Å². The Morgan fingerprint density at radius 3 is 1.56 bits per heavy atom. The number of aliphatic carboxylic acids is 2. The lowest BCUT2D eigenvalue weighted by Gasteiger charge is -2.11. The molecule has 0 amide bonds. The number of carboxylic acid groups (broad SMARTS) is 2. The number of hydrogen-bond acceptors (Lipinski definition) is 3. The van der Waals surface area contributed by atoms with Crippen molar-refractivity contribution in [3.63, 3.8) is 0 Å². The van der Waals surface area contributed by atoms with Crippen molar-refractivity contribution in [2.75, 3.05) is 0 Å². The van der Waals surface area contributed by atoms with Crippen LogP contribution in [0.2, 0.25) is 0 Å². The Morgan fingerprint density at radius 2 is 1.33 bits per heavy atom. The van der Waals surface area contributed by atoms with Crippen LogP contribution in [-0.4, -0.2) is 22.2 Å². The minimum Gasteiger partial charge on any atom is -0.481 e. The van der Waals surface area contributed by atoms with E-state index >= 15 is 0 Å². The van der Waals surface area contributed by atoms with Crippen molar-refractivity contribution >= 4 is 11.9 Å². The number of carbonyl (C=O) groups is 2. The zero-order valence-corrected chi connectivity index (χ0v) is 16.0. The highest BCUT2D eigenvalue weighted by molar-refractivity contribution is 5.70. The number of nitrogens with two attached hydrogens (primary N) is 1. The smallest absolute Gasteiger partial charge is 0.306 e. The molecule has 148 valence electrons. The Hall–Kier alpha value is -2.40. The standard InChI is InChI=1S/C8H11N.2C7H10O2/c1-7(9)8-5-3-2-4-6-8;2*8-7(9)6-4-2-1-3-5-6/h2-7H,9H2,1H3;2*1-2,6H,3-5H2,(H,8,9)/t7-;6-;/m00./s1. The summed E-state index contributed by atoms with van der Waals surface area (Å²) in [7, 11) is 0. The van der Waals surface area contributed by atoms with E-state index in [9.17, 15) is 9.59 Å². The molecule has 0 aliphatic heterocycles. The second-order valence-corrected chi connectivity index (χ2v) is 6.84. The van der Waals surface area contributed by atoms with Gasteiger partial charge in [0.15, 0.2) is 0 Å². The van der Waals surface area contributed by atoms with Crippen molar-refractivity contribution in [3.05, 3.63) is 60.2 Å². The predicted octanol–water partition coefficient (Wildman–Crippen LogP) is 4.56. The molecule has 1 unspecified atom stereocenters. The predicted molar refractivity (Wildman–Crippen MR) is 107 cm³/mol. The summed E-state index contributed by atoms with van der Waals surface area (Å²) in [6.45, 7) is 1.98. The molecule has 2 aliphatic carbocycles. The van der Waals surface area contributed by atoms with Gasteiger partial charge in [0.2, 0.25) is 0 Å². The van der Waals surface area contributed by atoms with Gasteiger partial charge >= 0.3 is 11.9 Å². The average Bonchev–Trinajstić information content (AvgIpc) is 2.71. The number of benzene rings is 1. The largest absolute Gasteiger partial charge is 0.481 e. The van der Waals surface area contributed by atoms with Crippen molar-refractivity contribution in [1.82, 2.24) is 0 Å². The minimum absolute atomic E-state index is 0.116. The number of carboxylic acids is 2. The maximum atomic E-state index is 10.3. The second-order valence-electron chi connectivity index (χ2n) is 6.84. The monoisotopic (exact) mass is 373 g/mol. The van der Waals surface area contributed by atoms with Gasteiger partial charge in [-0.2, -0.15) is 0 Å². The minimum atomic E-state index is -0.653. The fraction of sp³-hybridized carbons (Fsp3) is 0.455. The molecular formula is C22H31NO4. The Morgan fingerprint density at radius 1 is 0.889 bits per heavy atom. The Bertz CT molecular complexity index is 588. The molecule has 0 saturated heterocycles. The molecule has 1 aromatic rings. The SMILES string of the molecule is C[C@H](N)c1ccccc1.O=C(O)C1CC=CCC1.O=C(O)[C@H]1CC=CCC1.